The normalized spacial score (nSPS) is 21.4. The lowest BCUT2D eigenvalue weighted by molar-refractivity contribution is 0.0703. The van der Waals surface area contributed by atoms with Crippen LogP contribution < -0.4 is 5.32 Å². The van der Waals surface area contributed by atoms with Crippen molar-refractivity contribution < 1.29 is 9.90 Å². The number of hydrogen-bond donors (Lipinski definition) is 2. The molecule has 2 amide bonds. The van der Waals surface area contributed by atoms with Crippen molar-refractivity contribution in [3.63, 3.8) is 0 Å². The molecule has 1 saturated carbocycles. The van der Waals surface area contributed by atoms with Crippen LogP contribution in [0.1, 0.15) is 36.0 Å². The molecular formula is C20H31N3O2. The highest BCUT2D eigenvalue weighted by Crippen LogP contribution is 2.31. The molecule has 0 aromatic heterocycles. The molecule has 1 aliphatic heterocycles. The number of urea groups is 1. The lowest BCUT2D eigenvalue weighted by Crippen LogP contribution is -2.57. The van der Waals surface area contributed by atoms with Gasteiger partial charge in [-0.3, -0.25) is 4.90 Å². The van der Waals surface area contributed by atoms with Gasteiger partial charge in [0.05, 0.1) is 0 Å². The van der Waals surface area contributed by atoms with E-state index in [2.05, 4.69) is 36.2 Å². The first-order valence-corrected chi connectivity index (χ1v) is 9.51. The van der Waals surface area contributed by atoms with Gasteiger partial charge in [-0.25, -0.2) is 4.79 Å². The maximum absolute atomic E-state index is 12.6. The van der Waals surface area contributed by atoms with Crippen LogP contribution in [0.5, 0.6) is 0 Å². The lowest BCUT2D eigenvalue weighted by Gasteiger charge is -2.41. The number of nitrogens with one attached hydrogen (secondary N) is 1. The number of nitrogens with zero attached hydrogens (tertiary/aromatic N) is 2. The second-order valence-corrected chi connectivity index (χ2v) is 7.57. The fourth-order valence-corrected chi connectivity index (χ4v) is 3.66. The van der Waals surface area contributed by atoms with E-state index in [1.807, 2.05) is 11.0 Å². The van der Waals surface area contributed by atoms with Crippen LogP contribution in [-0.4, -0.2) is 59.8 Å². The van der Waals surface area contributed by atoms with Gasteiger partial charge >= 0.3 is 6.03 Å². The van der Waals surface area contributed by atoms with Crippen molar-refractivity contribution in [3.8, 4) is 0 Å². The second-order valence-electron chi connectivity index (χ2n) is 7.57. The Labute approximate surface area is 151 Å². The minimum atomic E-state index is 0.00918. The summed E-state index contributed by atoms with van der Waals surface area (Å²) in [4.78, 5) is 17.0. The summed E-state index contributed by atoms with van der Waals surface area (Å²) in [7, 11) is 0. The predicted molar refractivity (Wildman–Crippen MR) is 99.5 cm³/mol. The van der Waals surface area contributed by atoms with Crippen LogP contribution in [0, 0.1) is 19.8 Å². The van der Waals surface area contributed by atoms with Gasteiger partial charge < -0.3 is 15.3 Å². The molecule has 1 aromatic rings. The van der Waals surface area contributed by atoms with Gasteiger partial charge in [0.25, 0.3) is 0 Å². The van der Waals surface area contributed by atoms with Crippen molar-refractivity contribution in [2.24, 2.45) is 5.92 Å². The topological polar surface area (TPSA) is 55.8 Å². The first-order chi connectivity index (χ1) is 12.1. The van der Waals surface area contributed by atoms with Gasteiger partial charge in [0.15, 0.2) is 0 Å². The first-order valence-electron chi connectivity index (χ1n) is 9.51. The van der Waals surface area contributed by atoms with E-state index < -0.39 is 0 Å². The Bertz CT molecular complexity index is 601. The number of carbonyl (C=O) groups excluding carboxylic acids is 1. The van der Waals surface area contributed by atoms with E-state index in [0.717, 1.165) is 32.0 Å². The molecule has 5 nitrogen and oxygen atoms in total. The quantitative estimate of drug-likeness (QED) is 0.832. The molecule has 3 rings (SSSR count). The Morgan fingerprint density at radius 3 is 2.80 bits per heavy atom. The molecule has 25 heavy (non-hydrogen) atoms. The number of amides is 2. The number of hydrogen-bond acceptors (Lipinski definition) is 3. The molecule has 2 aliphatic rings. The summed E-state index contributed by atoms with van der Waals surface area (Å²) in [5, 5.41) is 12.4. The van der Waals surface area contributed by atoms with Crippen molar-refractivity contribution in [2.45, 2.75) is 45.7 Å². The zero-order valence-electron chi connectivity index (χ0n) is 15.5. The molecule has 1 unspecified atom stereocenters. The summed E-state index contributed by atoms with van der Waals surface area (Å²) in [6, 6.07) is 6.50. The number of aryl methyl sites for hydroxylation is 1. The maximum atomic E-state index is 12.6. The highest BCUT2D eigenvalue weighted by atomic mass is 16.3. The summed E-state index contributed by atoms with van der Waals surface area (Å²) in [6.07, 6.45) is 3.41. The third-order valence-corrected chi connectivity index (χ3v) is 5.69. The zero-order valence-corrected chi connectivity index (χ0v) is 15.5. The molecule has 1 aliphatic carbocycles. The molecule has 1 saturated heterocycles. The van der Waals surface area contributed by atoms with Crippen LogP contribution in [0.25, 0.3) is 0 Å². The summed E-state index contributed by atoms with van der Waals surface area (Å²) >= 11 is 0. The fraction of sp³-hybridized carbons (Fsp3) is 0.650. The number of rotatable bonds is 6. The first kappa shape index (κ1) is 18.2. The lowest BCUT2D eigenvalue weighted by atomic mass is 10.0. The number of aliphatic hydroxyl groups is 1. The monoisotopic (exact) mass is 345 g/mol. The molecule has 0 radical (unpaired) electrons. The predicted octanol–water partition coefficient (Wildman–Crippen LogP) is 2.29. The van der Waals surface area contributed by atoms with Crippen molar-refractivity contribution in [1.82, 2.24) is 15.1 Å². The second kappa shape index (κ2) is 8.19. The van der Waals surface area contributed by atoms with E-state index in [9.17, 15) is 9.90 Å². The third-order valence-electron chi connectivity index (χ3n) is 5.69. The molecule has 1 aromatic carbocycles. The van der Waals surface area contributed by atoms with Crippen molar-refractivity contribution >= 4 is 6.03 Å². The Morgan fingerprint density at radius 2 is 2.08 bits per heavy atom. The largest absolute Gasteiger partial charge is 0.396 e. The van der Waals surface area contributed by atoms with Gasteiger partial charge in [0, 0.05) is 45.4 Å². The standard InChI is InChI=1S/C20H31N3O2/c1-15-4-3-5-18(16(15)2)12-21-20(25)23-10-9-22(13-17-6-7-17)19(14-23)8-11-24/h3-5,17,19,24H,6-14H2,1-2H3,(H,21,25). The Balaban J connectivity index is 1.54. The highest BCUT2D eigenvalue weighted by molar-refractivity contribution is 5.74. The third kappa shape index (κ3) is 4.73. The van der Waals surface area contributed by atoms with E-state index in [-0.39, 0.29) is 18.7 Å². The minimum Gasteiger partial charge on any atom is -0.396 e. The SMILES string of the molecule is Cc1cccc(CNC(=O)N2CCN(CC3CC3)C(CCO)C2)c1C. The number of piperazine rings is 1. The summed E-state index contributed by atoms with van der Waals surface area (Å²) in [5.41, 5.74) is 3.67. The zero-order chi connectivity index (χ0) is 17.8. The molecule has 0 spiro atoms. The van der Waals surface area contributed by atoms with Crippen LogP contribution >= 0.6 is 0 Å². The molecule has 138 valence electrons. The van der Waals surface area contributed by atoms with Crippen LogP contribution in [0.3, 0.4) is 0 Å². The van der Waals surface area contributed by atoms with E-state index in [0.29, 0.717) is 13.1 Å². The van der Waals surface area contributed by atoms with E-state index in [4.69, 9.17) is 0 Å². The Hall–Kier alpha value is -1.59. The molecule has 5 heteroatoms. The van der Waals surface area contributed by atoms with Crippen molar-refractivity contribution in [1.29, 1.82) is 0 Å². The minimum absolute atomic E-state index is 0.00918. The van der Waals surface area contributed by atoms with Gasteiger partial charge in [0.1, 0.15) is 0 Å². The molecule has 2 fully saturated rings. The van der Waals surface area contributed by atoms with Crippen LogP contribution in [0.15, 0.2) is 18.2 Å². The van der Waals surface area contributed by atoms with Crippen LogP contribution in [0.4, 0.5) is 4.79 Å². The van der Waals surface area contributed by atoms with Crippen LogP contribution in [0.2, 0.25) is 0 Å². The maximum Gasteiger partial charge on any atom is 0.317 e. The number of aliphatic hydroxyl groups excluding tert-OH is 1. The summed E-state index contributed by atoms with van der Waals surface area (Å²) < 4.78 is 0. The van der Waals surface area contributed by atoms with Crippen molar-refractivity contribution in [2.75, 3.05) is 32.8 Å². The smallest absolute Gasteiger partial charge is 0.317 e. The van der Waals surface area contributed by atoms with E-state index in [1.165, 1.54) is 29.5 Å². The van der Waals surface area contributed by atoms with E-state index in [1.54, 1.807) is 0 Å². The van der Waals surface area contributed by atoms with Gasteiger partial charge in [-0.15, -0.1) is 0 Å². The van der Waals surface area contributed by atoms with Gasteiger partial charge in [0.2, 0.25) is 0 Å². The average Bonchev–Trinajstić information content (AvgIpc) is 3.42. The van der Waals surface area contributed by atoms with Gasteiger partial charge in [-0.05, 0) is 55.7 Å². The molecule has 2 N–H and O–H groups in total. The fourth-order valence-electron chi connectivity index (χ4n) is 3.66. The summed E-state index contributed by atoms with van der Waals surface area (Å²) in [6.45, 7) is 8.48. The number of carbonyl (C=O) groups is 1. The number of benzene rings is 1. The Morgan fingerprint density at radius 1 is 1.28 bits per heavy atom. The van der Waals surface area contributed by atoms with Crippen LogP contribution in [-0.2, 0) is 6.54 Å². The molecule has 1 atom stereocenters. The molecule has 1 heterocycles. The molecular weight excluding hydrogens is 314 g/mol. The van der Waals surface area contributed by atoms with Gasteiger partial charge in [-0.2, -0.15) is 0 Å². The van der Waals surface area contributed by atoms with Crippen molar-refractivity contribution in [3.05, 3.63) is 34.9 Å². The highest BCUT2D eigenvalue weighted by Gasteiger charge is 2.33. The van der Waals surface area contributed by atoms with Gasteiger partial charge in [-0.1, -0.05) is 18.2 Å². The molecule has 0 bridgehead atoms. The Kier molecular flexibility index (Phi) is 5.97. The summed E-state index contributed by atoms with van der Waals surface area (Å²) in [5.74, 6) is 0.839. The van der Waals surface area contributed by atoms with E-state index >= 15 is 0 Å². The average molecular weight is 345 g/mol.